The van der Waals surface area contributed by atoms with Gasteiger partial charge >= 0.3 is 0 Å². The Morgan fingerprint density at radius 1 is 0.955 bits per heavy atom. The maximum absolute atomic E-state index is 12.2. The van der Waals surface area contributed by atoms with E-state index in [1.165, 1.54) is 0 Å². The molecule has 0 atom stereocenters. The fourth-order valence-corrected chi connectivity index (χ4v) is 2.20. The standard InChI is InChI=1S/C18H18N2O2/c1-12-4-2-3-5-16(12)20-18(22)14-8-10-15(11-9-14)19-17(21)13-6-7-13/h2-5,8-11,13H,6-7H2,1H3,(H,19,21)(H,20,22). The highest BCUT2D eigenvalue weighted by Gasteiger charge is 2.29. The van der Waals surface area contributed by atoms with Gasteiger partial charge in [-0.15, -0.1) is 0 Å². The van der Waals surface area contributed by atoms with Gasteiger partial charge in [-0.2, -0.15) is 0 Å². The Balaban J connectivity index is 1.65. The van der Waals surface area contributed by atoms with Crippen LogP contribution in [0, 0.1) is 12.8 Å². The molecule has 0 radical (unpaired) electrons. The maximum atomic E-state index is 12.2. The molecule has 0 bridgehead atoms. The second-order valence-corrected chi connectivity index (χ2v) is 5.61. The van der Waals surface area contributed by atoms with Crippen LogP contribution in [0.1, 0.15) is 28.8 Å². The van der Waals surface area contributed by atoms with Crippen LogP contribution < -0.4 is 10.6 Å². The number of aryl methyl sites for hydroxylation is 1. The third-order valence-corrected chi connectivity index (χ3v) is 3.76. The molecule has 1 aliphatic rings. The van der Waals surface area contributed by atoms with E-state index >= 15 is 0 Å². The molecule has 1 fully saturated rings. The van der Waals surface area contributed by atoms with Crippen LogP contribution in [0.5, 0.6) is 0 Å². The summed E-state index contributed by atoms with van der Waals surface area (Å²) < 4.78 is 0. The number of nitrogens with one attached hydrogen (secondary N) is 2. The van der Waals surface area contributed by atoms with Gasteiger partial charge in [-0.3, -0.25) is 9.59 Å². The van der Waals surface area contributed by atoms with Crippen molar-refractivity contribution >= 4 is 23.2 Å². The van der Waals surface area contributed by atoms with E-state index in [1.54, 1.807) is 24.3 Å². The molecule has 2 amide bonds. The summed E-state index contributed by atoms with van der Waals surface area (Å²) in [6, 6.07) is 14.6. The number of rotatable bonds is 4. The van der Waals surface area contributed by atoms with E-state index in [1.807, 2.05) is 31.2 Å². The van der Waals surface area contributed by atoms with Crippen LogP contribution in [0.3, 0.4) is 0 Å². The van der Waals surface area contributed by atoms with Gasteiger partial charge < -0.3 is 10.6 Å². The lowest BCUT2D eigenvalue weighted by Gasteiger charge is -2.09. The quantitative estimate of drug-likeness (QED) is 0.905. The normalized spacial score (nSPS) is 13.5. The molecule has 0 saturated heterocycles. The average Bonchev–Trinajstić information content (AvgIpc) is 3.35. The zero-order valence-corrected chi connectivity index (χ0v) is 12.4. The van der Waals surface area contributed by atoms with Crippen LogP contribution in [0.4, 0.5) is 11.4 Å². The number of hydrogen-bond donors (Lipinski definition) is 2. The van der Waals surface area contributed by atoms with Crippen molar-refractivity contribution in [3.8, 4) is 0 Å². The molecule has 0 aromatic heterocycles. The highest BCUT2D eigenvalue weighted by atomic mass is 16.2. The highest BCUT2D eigenvalue weighted by Crippen LogP contribution is 2.30. The van der Waals surface area contributed by atoms with Gasteiger partial charge in [0.05, 0.1) is 0 Å². The number of amides is 2. The van der Waals surface area contributed by atoms with Gasteiger partial charge in [0.25, 0.3) is 5.91 Å². The van der Waals surface area contributed by atoms with Gasteiger partial charge in [-0.05, 0) is 55.7 Å². The van der Waals surface area contributed by atoms with Crippen molar-refractivity contribution in [2.24, 2.45) is 5.92 Å². The molecule has 2 N–H and O–H groups in total. The summed E-state index contributed by atoms with van der Waals surface area (Å²) in [6.45, 7) is 1.95. The Morgan fingerprint density at radius 3 is 2.27 bits per heavy atom. The summed E-state index contributed by atoms with van der Waals surface area (Å²) in [7, 11) is 0. The second kappa shape index (κ2) is 6.02. The van der Waals surface area contributed by atoms with Crippen molar-refractivity contribution < 1.29 is 9.59 Å². The van der Waals surface area contributed by atoms with Gasteiger partial charge in [0.15, 0.2) is 0 Å². The number of para-hydroxylation sites is 1. The minimum absolute atomic E-state index is 0.0668. The third-order valence-electron chi connectivity index (χ3n) is 3.76. The molecule has 112 valence electrons. The first-order valence-corrected chi connectivity index (χ1v) is 7.41. The molecule has 22 heavy (non-hydrogen) atoms. The van der Waals surface area contributed by atoms with Crippen LogP contribution >= 0.6 is 0 Å². The molecular weight excluding hydrogens is 276 g/mol. The molecule has 4 nitrogen and oxygen atoms in total. The summed E-state index contributed by atoms with van der Waals surface area (Å²) in [5, 5.41) is 5.75. The summed E-state index contributed by atoms with van der Waals surface area (Å²) in [4.78, 5) is 23.9. The van der Waals surface area contributed by atoms with Crippen molar-refractivity contribution in [3.05, 3.63) is 59.7 Å². The fourth-order valence-electron chi connectivity index (χ4n) is 2.20. The van der Waals surface area contributed by atoms with Crippen molar-refractivity contribution in [1.29, 1.82) is 0 Å². The number of hydrogen-bond acceptors (Lipinski definition) is 2. The maximum Gasteiger partial charge on any atom is 0.255 e. The molecule has 1 saturated carbocycles. The van der Waals surface area contributed by atoms with Crippen molar-refractivity contribution in [3.63, 3.8) is 0 Å². The van der Waals surface area contributed by atoms with Gasteiger partial charge in [0.2, 0.25) is 5.91 Å². The molecule has 0 unspecified atom stereocenters. The third kappa shape index (κ3) is 3.34. The minimum atomic E-state index is -0.158. The monoisotopic (exact) mass is 294 g/mol. The zero-order chi connectivity index (χ0) is 15.5. The fraction of sp³-hybridized carbons (Fsp3) is 0.222. The highest BCUT2D eigenvalue weighted by molar-refractivity contribution is 6.05. The molecule has 0 spiro atoms. The Bertz CT molecular complexity index is 703. The predicted octanol–water partition coefficient (Wildman–Crippen LogP) is 3.60. The lowest BCUT2D eigenvalue weighted by molar-refractivity contribution is -0.117. The largest absolute Gasteiger partial charge is 0.326 e. The van der Waals surface area contributed by atoms with Crippen molar-refractivity contribution in [2.75, 3.05) is 10.6 Å². The smallest absolute Gasteiger partial charge is 0.255 e. The Morgan fingerprint density at radius 2 is 1.64 bits per heavy atom. The Labute approximate surface area is 129 Å². The molecule has 0 aliphatic heterocycles. The summed E-state index contributed by atoms with van der Waals surface area (Å²) in [5.41, 5.74) is 3.11. The van der Waals surface area contributed by atoms with E-state index in [4.69, 9.17) is 0 Å². The topological polar surface area (TPSA) is 58.2 Å². The summed E-state index contributed by atoms with van der Waals surface area (Å²) in [6.07, 6.45) is 1.95. The minimum Gasteiger partial charge on any atom is -0.326 e. The number of carbonyl (C=O) groups is 2. The number of anilines is 2. The van der Waals surface area contributed by atoms with Gasteiger partial charge in [0.1, 0.15) is 0 Å². The van der Waals surface area contributed by atoms with Gasteiger partial charge in [0, 0.05) is 22.9 Å². The van der Waals surface area contributed by atoms with Gasteiger partial charge in [-0.1, -0.05) is 18.2 Å². The van der Waals surface area contributed by atoms with Crippen LogP contribution in [-0.4, -0.2) is 11.8 Å². The summed E-state index contributed by atoms with van der Waals surface area (Å²) >= 11 is 0. The number of carbonyl (C=O) groups excluding carboxylic acids is 2. The molecule has 0 heterocycles. The van der Waals surface area contributed by atoms with Crippen LogP contribution in [-0.2, 0) is 4.79 Å². The van der Waals surface area contributed by atoms with E-state index < -0.39 is 0 Å². The van der Waals surface area contributed by atoms with Gasteiger partial charge in [-0.25, -0.2) is 0 Å². The van der Waals surface area contributed by atoms with Crippen LogP contribution in [0.2, 0.25) is 0 Å². The Kier molecular flexibility index (Phi) is 3.92. The SMILES string of the molecule is Cc1ccccc1NC(=O)c1ccc(NC(=O)C2CC2)cc1. The first kappa shape index (κ1) is 14.3. The molecular formula is C18H18N2O2. The van der Waals surface area contributed by atoms with Crippen molar-refractivity contribution in [2.45, 2.75) is 19.8 Å². The molecule has 2 aromatic rings. The molecule has 1 aliphatic carbocycles. The molecule has 2 aromatic carbocycles. The van der Waals surface area contributed by atoms with E-state index in [-0.39, 0.29) is 17.7 Å². The van der Waals surface area contributed by atoms with E-state index in [0.29, 0.717) is 5.56 Å². The first-order valence-electron chi connectivity index (χ1n) is 7.41. The van der Waals surface area contributed by atoms with Crippen LogP contribution in [0.15, 0.2) is 48.5 Å². The second-order valence-electron chi connectivity index (χ2n) is 5.61. The van der Waals surface area contributed by atoms with E-state index in [2.05, 4.69) is 10.6 Å². The molecule has 4 heteroatoms. The first-order chi connectivity index (χ1) is 10.6. The van der Waals surface area contributed by atoms with E-state index in [0.717, 1.165) is 29.8 Å². The predicted molar refractivity (Wildman–Crippen MR) is 86.9 cm³/mol. The Hall–Kier alpha value is -2.62. The lowest BCUT2D eigenvalue weighted by Crippen LogP contribution is -2.14. The number of benzene rings is 2. The summed E-state index contributed by atoms with van der Waals surface area (Å²) in [5.74, 6) is 0.0792. The van der Waals surface area contributed by atoms with Crippen LogP contribution in [0.25, 0.3) is 0 Å². The lowest BCUT2D eigenvalue weighted by atomic mass is 10.1. The van der Waals surface area contributed by atoms with Crippen molar-refractivity contribution in [1.82, 2.24) is 0 Å². The molecule has 3 rings (SSSR count). The average molecular weight is 294 g/mol. The zero-order valence-electron chi connectivity index (χ0n) is 12.4. The van der Waals surface area contributed by atoms with E-state index in [9.17, 15) is 9.59 Å².